The van der Waals surface area contributed by atoms with Crippen molar-refractivity contribution in [3.63, 3.8) is 0 Å². The van der Waals surface area contributed by atoms with Gasteiger partial charge in [-0.1, -0.05) is 35.4 Å². The standard InChI is InChI=1S/C13H8N4/c14-9-10-4-6-11(7-5-10)12-2-1-3-13(8-12)16-17-15/h1-8H. The fourth-order valence-corrected chi connectivity index (χ4v) is 1.54. The van der Waals surface area contributed by atoms with Crippen LogP contribution in [0.1, 0.15) is 5.56 Å². The molecule has 0 spiro atoms. The summed E-state index contributed by atoms with van der Waals surface area (Å²) in [6.45, 7) is 0. The van der Waals surface area contributed by atoms with Crippen LogP contribution in [0.4, 0.5) is 5.69 Å². The summed E-state index contributed by atoms with van der Waals surface area (Å²) in [5.74, 6) is 0. The van der Waals surface area contributed by atoms with Gasteiger partial charge in [-0.3, -0.25) is 0 Å². The SMILES string of the molecule is N#Cc1ccc(-c2cccc(N=[N+]=[N-])c2)cc1. The molecule has 0 aliphatic heterocycles. The van der Waals surface area contributed by atoms with Gasteiger partial charge in [0.1, 0.15) is 0 Å². The number of rotatable bonds is 2. The Morgan fingerprint density at radius 2 is 1.82 bits per heavy atom. The van der Waals surface area contributed by atoms with Gasteiger partial charge in [0.15, 0.2) is 0 Å². The molecule has 0 aliphatic rings. The molecule has 0 heterocycles. The molecule has 0 radical (unpaired) electrons. The van der Waals surface area contributed by atoms with Crippen molar-refractivity contribution in [2.24, 2.45) is 5.11 Å². The van der Waals surface area contributed by atoms with E-state index < -0.39 is 0 Å². The monoisotopic (exact) mass is 220 g/mol. The Labute approximate surface area is 98.4 Å². The van der Waals surface area contributed by atoms with Crippen molar-refractivity contribution in [3.8, 4) is 17.2 Å². The molecule has 0 bridgehead atoms. The van der Waals surface area contributed by atoms with E-state index in [4.69, 9.17) is 10.8 Å². The van der Waals surface area contributed by atoms with Crippen LogP contribution in [0.3, 0.4) is 0 Å². The van der Waals surface area contributed by atoms with Gasteiger partial charge in [-0.2, -0.15) is 5.26 Å². The first-order valence-electron chi connectivity index (χ1n) is 4.99. The van der Waals surface area contributed by atoms with Gasteiger partial charge < -0.3 is 0 Å². The third-order valence-electron chi connectivity index (χ3n) is 2.35. The molecule has 17 heavy (non-hydrogen) atoms. The van der Waals surface area contributed by atoms with Gasteiger partial charge in [0.25, 0.3) is 0 Å². The first-order chi connectivity index (χ1) is 8.33. The summed E-state index contributed by atoms with van der Waals surface area (Å²) in [6, 6.07) is 16.6. The number of azide groups is 1. The lowest BCUT2D eigenvalue weighted by Crippen LogP contribution is -1.78. The van der Waals surface area contributed by atoms with Gasteiger partial charge in [-0.05, 0) is 34.9 Å². The highest BCUT2D eigenvalue weighted by atomic mass is 15.1. The van der Waals surface area contributed by atoms with Crippen molar-refractivity contribution < 1.29 is 0 Å². The first kappa shape index (κ1) is 10.7. The number of hydrogen-bond acceptors (Lipinski definition) is 2. The molecule has 2 aromatic carbocycles. The first-order valence-corrected chi connectivity index (χ1v) is 4.99. The van der Waals surface area contributed by atoms with Crippen LogP contribution in [0.5, 0.6) is 0 Å². The van der Waals surface area contributed by atoms with Gasteiger partial charge in [0, 0.05) is 10.6 Å². The van der Waals surface area contributed by atoms with Crippen LogP contribution in [0, 0.1) is 11.3 Å². The Balaban J connectivity index is 2.42. The Morgan fingerprint density at radius 3 is 2.47 bits per heavy atom. The normalized spacial score (nSPS) is 9.12. The lowest BCUT2D eigenvalue weighted by atomic mass is 10.0. The molecule has 0 N–H and O–H groups in total. The third-order valence-corrected chi connectivity index (χ3v) is 2.35. The minimum Gasteiger partial charge on any atom is -0.192 e. The molecule has 2 rings (SSSR count). The predicted octanol–water partition coefficient (Wildman–Crippen LogP) is 4.17. The molecule has 80 valence electrons. The quantitative estimate of drug-likeness (QED) is 0.425. The van der Waals surface area contributed by atoms with Crippen molar-refractivity contribution in [2.75, 3.05) is 0 Å². The van der Waals surface area contributed by atoms with Gasteiger partial charge in [-0.25, -0.2) is 0 Å². The second kappa shape index (κ2) is 4.84. The molecule has 0 saturated carbocycles. The van der Waals surface area contributed by atoms with Crippen molar-refractivity contribution in [2.45, 2.75) is 0 Å². The summed E-state index contributed by atoms with van der Waals surface area (Å²) in [5.41, 5.74) is 11.5. The average Bonchev–Trinajstić information content (AvgIpc) is 2.40. The minimum absolute atomic E-state index is 0.578. The molecule has 0 atom stereocenters. The Hall–Kier alpha value is -2.76. The van der Waals surface area contributed by atoms with Crippen molar-refractivity contribution >= 4 is 5.69 Å². The second-order valence-corrected chi connectivity index (χ2v) is 3.43. The van der Waals surface area contributed by atoms with E-state index >= 15 is 0 Å². The van der Waals surface area contributed by atoms with Crippen LogP contribution in [0.25, 0.3) is 21.6 Å². The maximum absolute atomic E-state index is 8.71. The van der Waals surface area contributed by atoms with Crippen molar-refractivity contribution in [1.82, 2.24) is 0 Å². The molecular formula is C13H8N4. The van der Waals surface area contributed by atoms with E-state index in [9.17, 15) is 0 Å². The van der Waals surface area contributed by atoms with Crippen LogP contribution in [0.2, 0.25) is 0 Å². The fraction of sp³-hybridized carbons (Fsp3) is 0. The molecule has 0 unspecified atom stereocenters. The molecule has 0 amide bonds. The molecule has 2 aromatic rings. The number of nitriles is 1. The molecule has 0 aliphatic carbocycles. The lowest BCUT2D eigenvalue weighted by Gasteiger charge is -2.02. The summed E-state index contributed by atoms with van der Waals surface area (Å²) in [7, 11) is 0. The molecule has 4 nitrogen and oxygen atoms in total. The summed E-state index contributed by atoms with van der Waals surface area (Å²) in [4.78, 5) is 2.75. The third kappa shape index (κ3) is 2.43. The Bertz CT molecular complexity index is 617. The van der Waals surface area contributed by atoms with Gasteiger partial charge in [-0.15, -0.1) is 0 Å². The summed E-state index contributed by atoms with van der Waals surface area (Å²) < 4.78 is 0. The van der Waals surface area contributed by atoms with E-state index in [0.29, 0.717) is 11.3 Å². The van der Waals surface area contributed by atoms with Gasteiger partial charge >= 0.3 is 0 Å². The average molecular weight is 220 g/mol. The smallest absolute Gasteiger partial charge is 0.0991 e. The molecule has 0 aromatic heterocycles. The summed E-state index contributed by atoms with van der Waals surface area (Å²) in [6.07, 6.45) is 0. The number of benzene rings is 2. The van der Waals surface area contributed by atoms with Crippen molar-refractivity contribution in [3.05, 3.63) is 64.5 Å². The summed E-state index contributed by atoms with van der Waals surface area (Å²) >= 11 is 0. The molecule has 0 fully saturated rings. The largest absolute Gasteiger partial charge is 0.192 e. The van der Waals surface area contributed by atoms with Gasteiger partial charge in [0.05, 0.1) is 11.6 Å². The zero-order valence-corrected chi connectivity index (χ0v) is 8.91. The topological polar surface area (TPSA) is 72.5 Å². The number of hydrogen-bond donors (Lipinski definition) is 0. The van der Waals surface area contributed by atoms with Crippen LogP contribution in [-0.4, -0.2) is 0 Å². The van der Waals surface area contributed by atoms with E-state index in [1.165, 1.54) is 0 Å². The highest BCUT2D eigenvalue weighted by Gasteiger charge is 1.98. The maximum atomic E-state index is 8.71. The van der Waals surface area contributed by atoms with E-state index in [-0.39, 0.29) is 0 Å². The zero-order valence-electron chi connectivity index (χ0n) is 8.91. The summed E-state index contributed by atoms with van der Waals surface area (Å²) in [5, 5.41) is 12.3. The van der Waals surface area contributed by atoms with Crippen LogP contribution < -0.4 is 0 Å². The Kier molecular flexibility index (Phi) is 3.06. The Morgan fingerprint density at radius 1 is 1.06 bits per heavy atom. The van der Waals surface area contributed by atoms with E-state index in [1.807, 2.05) is 24.3 Å². The second-order valence-electron chi connectivity index (χ2n) is 3.43. The maximum Gasteiger partial charge on any atom is 0.0991 e. The van der Waals surface area contributed by atoms with Gasteiger partial charge in [0.2, 0.25) is 0 Å². The van der Waals surface area contributed by atoms with Crippen LogP contribution in [-0.2, 0) is 0 Å². The van der Waals surface area contributed by atoms with Crippen molar-refractivity contribution in [1.29, 1.82) is 5.26 Å². The molecule has 0 saturated heterocycles. The van der Waals surface area contributed by atoms with E-state index in [0.717, 1.165) is 11.1 Å². The predicted molar refractivity (Wildman–Crippen MR) is 65.4 cm³/mol. The van der Waals surface area contributed by atoms with Crippen LogP contribution in [0.15, 0.2) is 53.6 Å². The molecule has 4 heteroatoms. The number of nitrogens with zero attached hydrogens (tertiary/aromatic N) is 4. The fourth-order valence-electron chi connectivity index (χ4n) is 1.54. The zero-order chi connectivity index (χ0) is 12.1. The molecular weight excluding hydrogens is 212 g/mol. The lowest BCUT2D eigenvalue weighted by molar-refractivity contribution is 1.46. The van der Waals surface area contributed by atoms with Crippen LogP contribution >= 0.6 is 0 Å². The highest BCUT2D eigenvalue weighted by Crippen LogP contribution is 2.24. The van der Waals surface area contributed by atoms with E-state index in [1.54, 1.807) is 24.3 Å². The highest BCUT2D eigenvalue weighted by molar-refractivity contribution is 5.67. The van der Waals surface area contributed by atoms with E-state index in [2.05, 4.69) is 16.1 Å². The minimum atomic E-state index is 0.578.